The molecule has 1 aliphatic heterocycles. The van der Waals surface area contributed by atoms with Crippen molar-refractivity contribution in [1.29, 1.82) is 0 Å². The van der Waals surface area contributed by atoms with Crippen molar-refractivity contribution in [3.05, 3.63) is 93.3 Å². The lowest BCUT2D eigenvalue weighted by Gasteiger charge is -2.51. The van der Waals surface area contributed by atoms with Gasteiger partial charge in [-0.3, -0.25) is 0 Å². The van der Waals surface area contributed by atoms with Crippen molar-refractivity contribution in [3.8, 4) is 0 Å². The van der Waals surface area contributed by atoms with Crippen molar-refractivity contribution in [2.45, 2.75) is 147 Å². The standard InChI is InChI=1S/C42H57Cl2N2OP/c1-8-47-27-36-38(37(43)19-20-42(36,44)48(34-15-11-9-12-16-34)35-17-13-10-14-18-35)41-45(39-30(4)23-28(2)24-31(39)5)21-22-46(41)40-32(6)25-29(3)26-33(40)7/h21-27,34-35,37H,8-20H2,1-7H3. The van der Waals surface area contributed by atoms with Crippen molar-refractivity contribution in [2.24, 2.45) is 0 Å². The Labute approximate surface area is 302 Å². The topological polar surface area (TPSA) is 15.7 Å². The summed E-state index contributed by atoms with van der Waals surface area (Å²) in [5.41, 5.74) is 13.7. The molecule has 0 spiro atoms. The van der Waals surface area contributed by atoms with E-state index in [9.17, 15) is 0 Å². The van der Waals surface area contributed by atoms with E-state index in [-0.39, 0.29) is 5.38 Å². The molecule has 0 N–H and O–H groups in total. The molecule has 0 saturated heterocycles. The summed E-state index contributed by atoms with van der Waals surface area (Å²) in [4.78, 5) is 4.83. The van der Waals surface area contributed by atoms with Crippen LogP contribution in [0.2, 0.25) is 0 Å². The third kappa shape index (κ3) is 6.87. The van der Waals surface area contributed by atoms with Crippen molar-refractivity contribution in [3.63, 3.8) is 0 Å². The lowest BCUT2D eigenvalue weighted by molar-refractivity contribution is 0.264. The Hall–Kier alpha value is -1.93. The fourth-order valence-corrected chi connectivity index (χ4v) is 15.4. The van der Waals surface area contributed by atoms with Crippen molar-refractivity contribution >= 4 is 42.5 Å². The number of anilines is 2. The Morgan fingerprint density at radius 1 is 0.729 bits per heavy atom. The lowest BCUT2D eigenvalue weighted by atomic mass is 9.87. The van der Waals surface area contributed by atoms with Gasteiger partial charge in [0.2, 0.25) is 0 Å². The van der Waals surface area contributed by atoms with E-state index in [1.165, 1.54) is 109 Å². The molecular formula is C42H57Cl2N2OP. The second-order valence-electron chi connectivity index (χ2n) is 15.0. The van der Waals surface area contributed by atoms with Gasteiger partial charge in [0.15, 0.2) is 0 Å². The third-order valence-corrected chi connectivity index (χ3v) is 16.6. The van der Waals surface area contributed by atoms with Crippen molar-refractivity contribution in [1.82, 2.24) is 0 Å². The van der Waals surface area contributed by atoms with Gasteiger partial charge in [-0.2, -0.15) is 0 Å². The molecule has 1 heterocycles. The number of hydrogen-bond acceptors (Lipinski definition) is 3. The van der Waals surface area contributed by atoms with Crippen LogP contribution in [-0.4, -0.2) is 27.9 Å². The zero-order valence-corrected chi connectivity index (χ0v) is 32.9. The number of rotatable bonds is 7. The number of allylic oxidation sites excluding steroid dienone is 2. The number of alkyl halides is 2. The molecule has 6 heteroatoms. The van der Waals surface area contributed by atoms with Gasteiger partial charge in [-0.1, -0.05) is 81.8 Å². The van der Waals surface area contributed by atoms with Gasteiger partial charge in [0.05, 0.1) is 34.2 Å². The maximum atomic E-state index is 8.43. The fraction of sp³-hybridized carbons (Fsp3) is 0.571. The summed E-state index contributed by atoms with van der Waals surface area (Å²) in [6.07, 6.45) is 21.7. The highest BCUT2D eigenvalue weighted by Crippen LogP contribution is 2.71. The highest BCUT2D eigenvalue weighted by molar-refractivity contribution is 7.63. The van der Waals surface area contributed by atoms with Crippen LogP contribution in [0.5, 0.6) is 0 Å². The van der Waals surface area contributed by atoms with Crippen LogP contribution in [0, 0.1) is 41.5 Å². The molecular weight excluding hydrogens is 650 g/mol. The smallest absolute Gasteiger partial charge is 0.127 e. The number of hydrogen-bond donors (Lipinski definition) is 0. The Bertz CT molecular complexity index is 1450. The van der Waals surface area contributed by atoms with E-state index in [4.69, 9.17) is 27.9 Å². The largest absolute Gasteiger partial charge is 0.501 e. The maximum Gasteiger partial charge on any atom is 0.127 e. The molecule has 0 aromatic heterocycles. The van der Waals surface area contributed by atoms with Crippen LogP contribution in [0.15, 0.2) is 59.9 Å². The first-order valence-corrected chi connectivity index (χ1v) is 20.9. The predicted molar refractivity (Wildman–Crippen MR) is 210 cm³/mol. The summed E-state index contributed by atoms with van der Waals surface area (Å²) in [7, 11) is -0.517. The average molecular weight is 708 g/mol. The highest BCUT2D eigenvalue weighted by atomic mass is 35.5. The number of benzene rings is 2. The molecule has 0 bridgehead atoms. The van der Waals surface area contributed by atoms with Crippen molar-refractivity contribution in [2.75, 3.05) is 16.4 Å². The van der Waals surface area contributed by atoms with Crippen LogP contribution >= 0.6 is 31.1 Å². The van der Waals surface area contributed by atoms with E-state index in [2.05, 4.69) is 101 Å². The van der Waals surface area contributed by atoms with E-state index in [0.29, 0.717) is 17.9 Å². The average Bonchev–Trinajstić information content (AvgIpc) is 3.45. The van der Waals surface area contributed by atoms with Crippen LogP contribution in [0.1, 0.15) is 117 Å². The van der Waals surface area contributed by atoms with Gasteiger partial charge in [0, 0.05) is 23.5 Å². The van der Waals surface area contributed by atoms with E-state index in [1.54, 1.807) is 0 Å². The maximum absolute atomic E-state index is 8.43. The van der Waals surface area contributed by atoms with Crippen LogP contribution in [0.3, 0.4) is 0 Å². The second-order valence-corrected chi connectivity index (χ2v) is 19.5. The van der Waals surface area contributed by atoms with Gasteiger partial charge in [-0.05, 0) is 121 Å². The molecule has 2 atom stereocenters. The van der Waals surface area contributed by atoms with Gasteiger partial charge in [-0.15, -0.1) is 23.2 Å². The molecule has 260 valence electrons. The molecule has 0 amide bonds. The SMILES string of the molecule is CCOC=C1C(=C2N(c3c(C)cc(C)cc3C)C=CN2c2c(C)cc(C)cc2C)C(Cl)CCC1(Cl)P(C1CCCCC1)C1CCCCC1. The summed E-state index contributed by atoms with van der Waals surface area (Å²) in [6.45, 7) is 16.0. The van der Waals surface area contributed by atoms with Gasteiger partial charge >= 0.3 is 0 Å². The highest BCUT2D eigenvalue weighted by Gasteiger charge is 2.53. The first-order valence-electron chi connectivity index (χ1n) is 18.7. The second kappa shape index (κ2) is 15.1. The monoisotopic (exact) mass is 706 g/mol. The molecule has 3 saturated carbocycles. The van der Waals surface area contributed by atoms with Gasteiger partial charge in [0.1, 0.15) is 5.82 Å². The molecule has 6 rings (SSSR count). The fourth-order valence-electron chi connectivity index (χ4n) is 9.53. The molecule has 2 aromatic rings. The minimum atomic E-state index is -0.517. The van der Waals surface area contributed by atoms with E-state index < -0.39 is 12.5 Å². The third-order valence-electron chi connectivity index (χ3n) is 11.3. The Morgan fingerprint density at radius 3 is 1.58 bits per heavy atom. The normalized spacial score (nSPS) is 25.2. The molecule has 3 fully saturated rings. The zero-order valence-electron chi connectivity index (χ0n) is 30.5. The zero-order chi connectivity index (χ0) is 34.2. The number of nitrogens with zero attached hydrogens (tertiary/aromatic N) is 2. The predicted octanol–water partition coefficient (Wildman–Crippen LogP) is 13.0. The molecule has 48 heavy (non-hydrogen) atoms. The molecule has 0 radical (unpaired) electrons. The van der Waals surface area contributed by atoms with Gasteiger partial charge in [0.25, 0.3) is 0 Å². The van der Waals surface area contributed by atoms with E-state index in [1.807, 2.05) is 0 Å². The number of aryl methyl sites for hydroxylation is 6. The molecule has 2 unspecified atom stereocenters. The van der Waals surface area contributed by atoms with Gasteiger partial charge in [-0.25, -0.2) is 0 Å². The molecule has 3 aliphatic carbocycles. The van der Waals surface area contributed by atoms with Crippen LogP contribution in [-0.2, 0) is 4.74 Å². The minimum Gasteiger partial charge on any atom is -0.501 e. The summed E-state index contributed by atoms with van der Waals surface area (Å²) < 4.78 is 5.88. The molecule has 4 aliphatic rings. The first kappa shape index (κ1) is 35.9. The number of halogens is 2. The van der Waals surface area contributed by atoms with Crippen LogP contribution in [0.4, 0.5) is 11.4 Å². The van der Waals surface area contributed by atoms with E-state index >= 15 is 0 Å². The molecule has 3 nitrogen and oxygen atoms in total. The first-order chi connectivity index (χ1) is 23.0. The van der Waals surface area contributed by atoms with E-state index in [0.717, 1.165) is 29.8 Å². The summed E-state index contributed by atoms with van der Waals surface area (Å²) in [6, 6.07) is 9.21. The summed E-state index contributed by atoms with van der Waals surface area (Å²) >= 11 is 16.1. The minimum absolute atomic E-state index is 0.185. The summed E-state index contributed by atoms with van der Waals surface area (Å²) in [5, 5.41) is -0.185. The van der Waals surface area contributed by atoms with Gasteiger partial charge < -0.3 is 14.5 Å². The Morgan fingerprint density at radius 2 is 1.17 bits per heavy atom. The van der Waals surface area contributed by atoms with Crippen LogP contribution < -0.4 is 9.80 Å². The lowest BCUT2D eigenvalue weighted by Crippen LogP contribution is -2.41. The Balaban J connectivity index is 1.62. The Kier molecular flexibility index (Phi) is 11.3. The number of ether oxygens (including phenoxy) is 1. The van der Waals surface area contributed by atoms with Crippen LogP contribution in [0.25, 0.3) is 0 Å². The summed E-state index contributed by atoms with van der Waals surface area (Å²) in [5.74, 6) is 1.11. The molecule has 2 aromatic carbocycles. The van der Waals surface area contributed by atoms with Crippen molar-refractivity contribution < 1.29 is 4.74 Å². The quantitative estimate of drug-likeness (QED) is 0.162.